The third kappa shape index (κ3) is 6.73. The zero-order chi connectivity index (χ0) is 19.9. The number of guanidine groups is 1. The number of nitrogens with one attached hydrogen (secondary N) is 2. The first-order valence-electron chi connectivity index (χ1n) is 9.34. The van der Waals surface area contributed by atoms with Gasteiger partial charge in [0.25, 0.3) is 0 Å². The highest BCUT2D eigenvalue weighted by Gasteiger charge is 2.27. The zero-order valence-electron chi connectivity index (χ0n) is 17.0. The van der Waals surface area contributed by atoms with Crippen LogP contribution in [-0.4, -0.2) is 43.2 Å². The van der Waals surface area contributed by atoms with Crippen molar-refractivity contribution >= 4 is 5.96 Å². The molecule has 3 N–H and O–H groups in total. The number of hydrogen-bond acceptors (Lipinski definition) is 4. The average molecular weight is 373 g/mol. The van der Waals surface area contributed by atoms with Crippen molar-refractivity contribution in [1.82, 2.24) is 15.5 Å². The lowest BCUT2D eigenvalue weighted by Gasteiger charge is -2.22. The molecule has 1 unspecified atom stereocenters. The largest absolute Gasteiger partial charge is 0.463 e. The van der Waals surface area contributed by atoms with Gasteiger partial charge in [-0.2, -0.15) is 0 Å². The van der Waals surface area contributed by atoms with Crippen molar-refractivity contribution < 1.29 is 9.52 Å². The lowest BCUT2D eigenvalue weighted by Crippen LogP contribution is -2.44. The Bertz CT molecular complexity index is 733. The van der Waals surface area contributed by atoms with E-state index in [1.165, 1.54) is 5.56 Å². The van der Waals surface area contributed by atoms with Crippen LogP contribution in [0.15, 0.2) is 45.8 Å². The minimum absolute atomic E-state index is 0.299. The second-order valence-corrected chi connectivity index (χ2v) is 7.29. The van der Waals surface area contributed by atoms with Crippen LogP contribution in [0.25, 0.3) is 0 Å². The number of aliphatic imine (C=N–C) groups is 1. The first kappa shape index (κ1) is 21.0. The predicted octanol–water partition coefficient (Wildman–Crippen LogP) is 2.61. The second kappa shape index (κ2) is 9.58. The van der Waals surface area contributed by atoms with Crippen LogP contribution in [-0.2, 0) is 18.7 Å². The van der Waals surface area contributed by atoms with Crippen molar-refractivity contribution in [3.8, 4) is 0 Å². The quantitative estimate of drug-likeness (QED) is 0.491. The Morgan fingerprint density at radius 1 is 1.11 bits per heavy atom. The van der Waals surface area contributed by atoms with Crippen molar-refractivity contribution in [1.29, 1.82) is 0 Å². The second-order valence-electron chi connectivity index (χ2n) is 7.29. The molecule has 6 heteroatoms. The van der Waals surface area contributed by atoms with E-state index in [0.29, 0.717) is 24.8 Å². The van der Waals surface area contributed by atoms with Crippen LogP contribution in [0, 0.1) is 6.92 Å². The summed E-state index contributed by atoms with van der Waals surface area (Å²) in [7, 11) is 4.12. The zero-order valence-corrected chi connectivity index (χ0v) is 17.0. The highest BCUT2D eigenvalue weighted by molar-refractivity contribution is 5.79. The van der Waals surface area contributed by atoms with Crippen molar-refractivity contribution in [2.24, 2.45) is 4.99 Å². The molecule has 0 amide bonds. The molecule has 0 aliphatic carbocycles. The molecular weight excluding hydrogens is 340 g/mol. The summed E-state index contributed by atoms with van der Waals surface area (Å²) in [5, 5.41) is 17.1. The summed E-state index contributed by atoms with van der Waals surface area (Å²) < 4.78 is 5.55. The summed E-state index contributed by atoms with van der Waals surface area (Å²) in [6, 6.07) is 12.1. The standard InChI is InChI=1S/C21H32N4O2/c1-6-22-20(24-15-21(3,26)19-12-7-16(2)27-19)23-13-17-8-10-18(11-9-17)14-25(4)5/h7-12,26H,6,13-15H2,1-5H3,(H2,22,23,24). The number of benzene rings is 1. The van der Waals surface area contributed by atoms with Gasteiger partial charge in [0.15, 0.2) is 5.96 Å². The van der Waals surface area contributed by atoms with Crippen molar-refractivity contribution in [2.75, 3.05) is 27.2 Å². The normalized spacial score (nSPS) is 14.3. The third-order valence-corrected chi connectivity index (χ3v) is 4.16. The number of aryl methyl sites for hydroxylation is 1. The molecule has 1 aromatic heterocycles. The molecule has 6 nitrogen and oxygen atoms in total. The van der Waals surface area contributed by atoms with E-state index in [2.05, 4.69) is 58.9 Å². The van der Waals surface area contributed by atoms with Crippen LogP contribution < -0.4 is 10.6 Å². The van der Waals surface area contributed by atoms with E-state index in [9.17, 15) is 5.11 Å². The van der Waals surface area contributed by atoms with E-state index in [-0.39, 0.29) is 0 Å². The van der Waals surface area contributed by atoms with Crippen LogP contribution in [0.4, 0.5) is 0 Å². The Kier molecular flexibility index (Phi) is 7.45. The minimum atomic E-state index is -1.11. The van der Waals surface area contributed by atoms with E-state index in [4.69, 9.17) is 4.42 Å². The Labute approximate surface area is 162 Å². The Morgan fingerprint density at radius 3 is 2.33 bits per heavy atom. The molecule has 0 spiro atoms. The number of aliphatic hydroxyl groups is 1. The van der Waals surface area contributed by atoms with E-state index in [1.807, 2.05) is 19.9 Å². The summed E-state index contributed by atoms with van der Waals surface area (Å²) in [5.74, 6) is 1.99. The van der Waals surface area contributed by atoms with Crippen LogP contribution in [0.2, 0.25) is 0 Å². The SMILES string of the molecule is CCNC(=NCc1ccc(CN(C)C)cc1)NCC(C)(O)c1ccc(C)o1. The first-order chi connectivity index (χ1) is 12.8. The average Bonchev–Trinajstić information content (AvgIpc) is 3.06. The fraction of sp³-hybridized carbons (Fsp3) is 0.476. The molecule has 1 atom stereocenters. The Morgan fingerprint density at radius 2 is 1.78 bits per heavy atom. The molecule has 0 fully saturated rings. The molecule has 0 aliphatic heterocycles. The van der Waals surface area contributed by atoms with E-state index >= 15 is 0 Å². The predicted molar refractivity (Wildman–Crippen MR) is 110 cm³/mol. The molecular formula is C21H32N4O2. The molecule has 1 aromatic carbocycles. The molecule has 148 valence electrons. The van der Waals surface area contributed by atoms with Crippen molar-refractivity contribution in [3.63, 3.8) is 0 Å². The number of furan rings is 1. The minimum Gasteiger partial charge on any atom is -0.463 e. The van der Waals surface area contributed by atoms with Gasteiger partial charge >= 0.3 is 0 Å². The molecule has 0 saturated heterocycles. The molecule has 27 heavy (non-hydrogen) atoms. The summed E-state index contributed by atoms with van der Waals surface area (Å²) in [4.78, 5) is 6.76. The fourth-order valence-electron chi connectivity index (χ4n) is 2.69. The lowest BCUT2D eigenvalue weighted by molar-refractivity contribution is 0.0378. The van der Waals surface area contributed by atoms with Crippen LogP contribution in [0.1, 0.15) is 36.5 Å². The molecule has 0 radical (unpaired) electrons. The molecule has 1 heterocycles. The van der Waals surface area contributed by atoms with Crippen molar-refractivity contribution in [2.45, 2.75) is 39.5 Å². The first-order valence-corrected chi connectivity index (χ1v) is 9.34. The number of hydrogen-bond donors (Lipinski definition) is 3. The molecule has 0 bridgehead atoms. The summed E-state index contributed by atoms with van der Waals surface area (Å²) in [5.41, 5.74) is 1.31. The van der Waals surface area contributed by atoms with Crippen LogP contribution in [0.3, 0.4) is 0 Å². The highest BCUT2D eigenvalue weighted by atomic mass is 16.4. The van der Waals surface area contributed by atoms with Gasteiger partial charge in [-0.3, -0.25) is 0 Å². The highest BCUT2D eigenvalue weighted by Crippen LogP contribution is 2.21. The smallest absolute Gasteiger partial charge is 0.191 e. The molecule has 2 aromatic rings. The van der Waals surface area contributed by atoms with Gasteiger partial charge in [0.1, 0.15) is 17.1 Å². The lowest BCUT2D eigenvalue weighted by atomic mass is 10.0. The van der Waals surface area contributed by atoms with Gasteiger partial charge in [-0.25, -0.2) is 4.99 Å². The van der Waals surface area contributed by atoms with E-state index in [1.54, 1.807) is 13.0 Å². The number of nitrogens with zero attached hydrogens (tertiary/aromatic N) is 2. The summed E-state index contributed by atoms with van der Waals surface area (Å²) >= 11 is 0. The maximum atomic E-state index is 10.7. The van der Waals surface area contributed by atoms with Crippen molar-refractivity contribution in [3.05, 3.63) is 59.0 Å². The van der Waals surface area contributed by atoms with Gasteiger partial charge in [-0.1, -0.05) is 24.3 Å². The third-order valence-electron chi connectivity index (χ3n) is 4.16. The molecule has 0 aliphatic rings. The summed E-state index contributed by atoms with van der Waals surface area (Å²) in [6.45, 7) is 8.15. The van der Waals surface area contributed by atoms with Gasteiger partial charge in [0.2, 0.25) is 0 Å². The maximum absolute atomic E-state index is 10.7. The number of rotatable bonds is 8. The monoisotopic (exact) mass is 372 g/mol. The topological polar surface area (TPSA) is 73.0 Å². The van der Waals surface area contributed by atoms with Gasteiger partial charge in [-0.15, -0.1) is 0 Å². The van der Waals surface area contributed by atoms with E-state index in [0.717, 1.165) is 24.4 Å². The van der Waals surface area contributed by atoms with Gasteiger partial charge < -0.3 is 25.1 Å². The summed E-state index contributed by atoms with van der Waals surface area (Å²) in [6.07, 6.45) is 0. The Hall–Kier alpha value is -2.31. The van der Waals surface area contributed by atoms with Gasteiger partial charge in [-0.05, 0) is 58.1 Å². The molecule has 2 rings (SSSR count). The maximum Gasteiger partial charge on any atom is 0.191 e. The van der Waals surface area contributed by atoms with Crippen LogP contribution >= 0.6 is 0 Å². The van der Waals surface area contributed by atoms with Crippen LogP contribution in [0.5, 0.6) is 0 Å². The Balaban J connectivity index is 1.97. The van der Waals surface area contributed by atoms with E-state index < -0.39 is 5.60 Å². The van der Waals surface area contributed by atoms with Gasteiger partial charge in [0, 0.05) is 13.1 Å². The fourth-order valence-corrected chi connectivity index (χ4v) is 2.69. The van der Waals surface area contributed by atoms with Gasteiger partial charge in [0.05, 0.1) is 13.1 Å². The molecule has 0 saturated carbocycles.